The predicted octanol–water partition coefficient (Wildman–Crippen LogP) is 5.25. The summed E-state index contributed by atoms with van der Waals surface area (Å²) in [6.07, 6.45) is 4.17. The van der Waals surface area contributed by atoms with E-state index in [-0.39, 0.29) is 48.9 Å². The van der Waals surface area contributed by atoms with Crippen molar-refractivity contribution in [3.8, 4) is 5.75 Å². The molecule has 0 bridgehead atoms. The van der Waals surface area contributed by atoms with Gasteiger partial charge in [0.25, 0.3) is 5.91 Å². The first-order valence-electron chi connectivity index (χ1n) is 18.4. The minimum absolute atomic E-state index is 0.00359. The van der Waals surface area contributed by atoms with Gasteiger partial charge in [-0.25, -0.2) is 9.36 Å². The topological polar surface area (TPSA) is 145 Å². The monoisotopic (exact) mass is 714 g/mol. The molecule has 3 aromatic rings. The standard InChI is InChI=1S/C40H50N4O8/c1-5-6-18-51-24-33(45)30(19-27-21-40(2,3)42-36(27)46)41-37(47)35-28-15-10-14-26(28)22-43(35)38(48)32-20-29-31(16-11-17-34(29)50-4)44(32)39(49)52-23-25-12-8-7-9-13-25/h7-9,11-13,16-17,20,26-28,30,35H,5-6,10,14-15,18-19,21-24H2,1-4H3,(H,41,47)(H,42,46)/t26-,27+,28-,30-,35-/m0/s1. The average Bonchev–Trinajstić information content (AvgIpc) is 3.89. The molecular weight excluding hydrogens is 664 g/mol. The van der Waals surface area contributed by atoms with Gasteiger partial charge in [0.15, 0.2) is 5.78 Å². The molecule has 3 amide bonds. The second-order valence-electron chi connectivity index (χ2n) is 15.0. The number of nitrogens with one attached hydrogen (secondary N) is 2. The molecule has 0 radical (unpaired) electrons. The van der Waals surface area contributed by atoms with Crippen LogP contribution in [0.2, 0.25) is 0 Å². The van der Waals surface area contributed by atoms with Crippen molar-refractivity contribution in [2.24, 2.45) is 17.8 Å². The van der Waals surface area contributed by atoms with Crippen molar-refractivity contribution in [3.05, 3.63) is 65.9 Å². The number of benzene rings is 2. The summed E-state index contributed by atoms with van der Waals surface area (Å²) in [6.45, 7) is 6.46. The van der Waals surface area contributed by atoms with Crippen LogP contribution in [0.15, 0.2) is 54.6 Å². The highest BCUT2D eigenvalue weighted by molar-refractivity contribution is 6.06. The molecule has 52 heavy (non-hydrogen) atoms. The Bertz CT molecular complexity index is 1800. The Morgan fingerprint density at radius 2 is 1.85 bits per heavy atom. The number of carbonyl (C=O) groups excluding carboxylic acids is 5. The van der Waals surface area contributed by atoms with E-state index in [1.165, 1.54) is 11.7 Å². The lowest BCUT2D eigenvalue weighted by Crippen LogP contribution is -2.54. The number of ether oxygens (including phenoxy) is 3. The minimum atomic E-state index is -0.972. The van der Waals surface area contributed by atoms with Crippen molar-refractivity contribution in [2.45, 2.75) is 89.9 Å². The zero-order valence-electron chi connectivity index (χ0n) is 30.5. The smallest absolute Gasteiger partial charge is 0.419 e. The Balaban J connectivity index is 1.29. The number of ketones is 1. The molecule has 12 heteroatoms. The number of unbranched alkanes of at least 4 members (excludes halogenated alkanes) is 1. The Hall–Kier alpha value is -4.71. The van der Waals surface area contributed by atoms with Gasteiger partial charge in [-0.2, -0.15) is 0 Å². The van der Waals surface area contributed by atoms with Gasteiger partial charge in [0.1, 0.15) is 30.7 Å². The quantitative estimate of drug-likeness (QED) is 0.216. The molecule has 0 unspecified atom stereocenters. The zero-order valence-corrected chi connectivity index (χ0v) is 30.5. The van der Waals surface area contributed by atoms with Crippen LogP contribution in [0.3, 0.4) is 0 Å². The summed E-state index contributed by atoms with van der Waals surface area (Å²) in [5, 5.41) is 6.52. The Labute approximate surface area is 304 Å². The van der Waals surface area contributed by atoms with Crippen molar-refractivity contribution in [2.75, 3.05) is 26.9 Å². The second-order valence-corrected chi connectivity index (χ2v) is 15.0. The molecule has 1 saturated carbocycles. The third-order valence-electron chi connectivity index (χ3n) is 10.8. The Morgan fingerprint density at radius 3 is 2.56 bits per heavy atom. The van der Waals surface area contributed by atoms with Gasteiger partial charge in [-0.3, -0.25) is 19.2 Å². The van der Waals surface area contributed by atoms with Gasteiger partial charge in [-0.15, -0.1) is 0 Å². The van der Waals surface area contributed by atoms with Crippen molar-refractivity contribution in [1.82, 2.24) is 20.1 Å². The number of hydrogen-bond acceptors (Lipinski definition) is 8. The van der Waals surface area contributed by atoms with Crippen LogP contribution in [0.5, 0.6) is 5.75 Å². The molecule has 5 atom stereocenters. The van der Waals surface area contributed by atoms with Crippen LogP contribution in [-0.4, -0.2) is 83.6 Å². The van der Waals surface area contributed by atoms with E-state index in [0.29, 0.717) is 36.2 Å². The van der Waals surface area contributed by atoms with E-state index in [1.807, 2.05) is 51.1 Å². The average molecular weight is 715 g/mol. The molecule has 6 rings (SSSR count). The third kappa shape index (κ3) is 7.86. The summed E-state index contributed by atoms with van der Waals surface area (Å²) in [5.74, 6) is -1.42. The molecule has 278 valence electrons. The van der Waals surface area contributed by atoms with Gasteiger partial charge in [0.2, 0.25) is 11.8 Å². The summed E-state index contributed by atoms with van der Waals surface area (Å²) < 4.78 is 18.2. The van der Waals surface area contributed by atoms with Gasteiger partial charge in [0.05, 0.1) is 18.7 Å². The van der Waals surface area contributed by atoms with Crippen molar-refractivity contribution in [3.63, 3.8) is 0 Å². The van der Waals surface area contributed by atoms with E-state index in [0.717, 1.165) is 37.7 Å². The summed E-state index contributed by atoms with van der Waals surface area (Å²) in [7, 11) is 1.52. The molecule has 3 aliphatic rings. The first-order valence-corrected chi connectivity index (χ1v) is 18.4. The molecular formula is C40H50N4O8. The molecule has 2 aliphatic heterocycles. The SMILES string of the molecule is CCCCOCC(=O)[C@H](C[C@@H]1CC(C)(C)NC1=O)NC(=O)[C@@H]1[C@H]2CCC[C@H]2CN1C(=O)c1cc2c(OC)cccc2n1C(=O)OCc1ccccc1. The van der Waals surface area contributed by atoms with Crippen LogP contribution in [0, 0.1) is 17.8 Å². The fourth-order valence-corrected chi connectivity index (χ4v) is 8.23. The number of hydrogen-bond donors (Lipinski definition) is 2. The number of Topliss-reactive ketones (excluding diaryl/α,β-unsaturated/α-hetero) is 1. The summed E-state index contributed by atoms with van der Waals surface area (Å²) in [6, 6.07) is 14.2. The number of amides is 3. The first kappa shape index (κ1) is 37.1. The lowest BCUT2D eigenvalue weighted by Gasteiger charge is -2.29. The molecule has 12 nitrogen and oxygen atoms in total. The number of carbonyl (C=O) groups is 5. The number of nitrogens with zero attached hydrogens (tertiary/aromatic N) is 2. The van der Waals surface area contributed by atoms with E-state index < -0.39 is 41.4 Å². The van der Waals surface area contributed by atoms with E-state index >= 15 is 0 Å². The largest absolute Gasteiger partial charge is 0.496 e. The molecule has 2 N–H and O–H groups in total. The molecule has 3 fully saturated rings. The van der Waals surface area contributed by atoms with Crippen molar-refractivity contribution >= 4 is 40.5 Å². The molecule has 3 heterocycles. The molecule has 2 saturated heterocycles. The Kier molecular flexibility index (Phi) is 11.3. The minimum Gasteiger partial charge on any atom is -0.496 e. The highest BCUT2D eigenvalue weighted by Crippen LogP contribution is 2.43. The summed E-state index contributed by atoms with van der Waals surface area (Å²) >= 11 is 0. The highest BCUT2D eigenvalue weighted by Gasteiger charge is 2.51. The summed E-state index contributed by atoms with van der Waals surface area (Å²) in [4.78, 5) is 71.0. The summed E-state index contributed by atoms with van der Waals surface area (Å²) in [5.41, 5.74) is 0.858. The maximum Gasteiger partial charge on any atom is 0.419 e. The van der Waals surface area contributed by atoms with Gasteiger partial charge in [-0.1, -0.05) is 56.2 Å². The van der Waals surface area contributed by atoms with E-state index in [4.69, 9.17) is 14.2 Å². The normalized spacial score (nSPS) is 22.5. The predicted molar refractivity (Wildman–Crippen MR) is 194 cm³/mol. The Morgan fingerprint density at radius 1 is 1.06 bits per heavy atom. The zero-order chi connectivity index (χ0) is 37.0. The number of likely N-dealkylation sites (tertiary alicyclic amines) is 1. The molecule has 0 spiro atoms. The van der Waals surface area contributed by atoms with Crippen LogP contribution in [0.25, 0.3) is 10.9 Å². The maximum absolute atomic E-state index is 14.7. The molecule has 1 aromatic heterocycles. The fraction of sp³-hybridized carbons (Fsp3) is 0.525. The number of methoxy groups -OCH3 is 1. The van der Waals surface area contributed by atoms with Crippen LogP contribution < -0.4 is 15.4 Å². The van der Waals surface area contributed by atoms with E-state index in [1.54, 1.807) is 29.2 Å². The lowest BCUT2D eigenvalue weighted by atomic mass is 9.89. The lowest BCUT2D eigenvalue weighted by molar-refractivity contribution is -0.134. The highest BCUT2D eigenvalue weighted by atomic mass is 16.5. The number of fused-ring (bicyclic) bond motifs is 2. The van der Waals surface area contributed by atoms with Crippen molar-refractivity contribution < 1.29 is 38.2 Å². The molecule has 2 aromatic carbocycles. The van der Waals surface area contributed by atoms with Gasteiger partial charge < -0.3 is 29.7 Å². The van der Waals surface area contributed by atoms with Gasteiger partial charge >= 0.3 is 6.09 Å². The van der Waals surface area contributed by atoms with E-state index in [9.17, 15) is 24.0 Å². The first-order chi connectivity index (χ1) is 25.0. The van der Waals surface area contributed by atoms with Gasteiger partial charge in [-0.05, 0) is 81.5 Å². The van der Waals surface area contributed by atoms with Crippen LogP contribution in [0.1, 0.15) is 81.8 Å². The van der Waals surface area contributed by atoms with Gasteiger partial charge in [0, 0.05) is 30.0 Å². The van der Waals surface area contributed by atoms with Crippen LogP contribution in [-0.2, 0) is 30.5 Å². The second kappa shape index (κ2) is 15.9. The van der Waals surface area contributed by atoms with E-state index in [2.05, 4.69) is 10.6 Å². The van der Waals surface area contributed by atoms with Crippen LogP contribution in [0.4, 0.5) is 4.79 Å². The van der Waals surface area contributed by atoms with Crippen molar-refractivity contribution in [1.29, 1.82) is 0 Å². The molecule has 1 aliphatic carbocycles. The number of aromatic nitrogens is 1. The fourth-order valence-electron chi connectivity index (χ4n) is 8.23. The third-order valence-corrected chi connectivity index (χ3v) is 10.8. The van der Waals surface area contributed by atoms with Crippen LogP contribution >= 0.6 is 0 Å². The maximum atomic E-state index is 14.7. The number of rotatable bonds is 14.